The Hall–Kier alpha value is 0.270. The molecule has 0 aromatic carbocycles. The van der Waals surface area contributed by atoms with Crippen molar-refractivity contribution in [3.8, 4) is 0 Å². The maximum Gasteiger partial charge on any atom is 0.0116 e. The number of hydrogen-bond donors (Lipinski definition) is 1. The smallest absolute Gasteiger partial charge is 0.0116 e. The van der Waals surface area contributed by atoms with E-state index in [0.29, 0.717) is 4.75 Å². The Labute approximate surface area is 124 Å². The van der Waals surface area contributed by atoms with Gasteiger partial charge in [0.2, 0.25) is 0 Å². The molecule has 2 aliphatic rings. The van der Waals surface area contributed by atoms with Gasteiger partial charge in [-0.1, -0.05) is 26.7 Å². The van der Waals surface area contributed by atoms with Crippen molar-refractivity contribution >= 4 is 11.8 Å². The Bertz CT molecular complexity index is 251. The van der Waals surface area contributed by atoms with Gasteiger partial charge < -0.3 is 10.2 Å². The standard InChI is InChI=1S/C16H32N2S/c1-16(2)9-12-18(13-14-19-16)11-6-4-3-5-10-17-15-7-8-15/h15,17H,3-14H2,1-2H3. The lowest BCUT2D eigenvalue weighted by molar-refractivity contribution is 0.277. The summed E-state index contributed by atoms with van der Waals surface area (Å²) < 4.78 is 0.503. The topological polar surface area (TPSA) is 15.3 Å². The summed E-state index contributed by atoms with van der Waals surface area (Å²) in [4.78, 5) is 2.68. The van der Waals surface area contributed by atoms with E-state index in [9.17, 15) is 0 Å². The Morgan fingerprint density at radius 2 is 1.89 bits per heavy atom. The zero-order valence-corrected chi connectivity index (χ0v) is 13.7. The van der Waals surface area contributed by atoms with E-state index in [0.717, 1.165) is 6.04 Å². The molecular weight excluding hydrogens is 252 g/mol. The second kappa shape index (κ2) is 7.90. The molecule has 112 valence electrons. The summed E-state index contributed by atoms with van der Waals surface area (Å²) >= 11 is 2.15. The molecule has 1 heterocycles. The molecule has 1 saturated heterocycles. The molecule has 0 bridgehead atoms. The summed E-state index contributed by atoms with van der Waals surface area (Å²) in [6.07, 6.45) is 9.79. The molecule has 2 fully saturated rings. The summed E-state index contributed by atoms with van der Waals surface area (Å²) in [5.74, 6) is 1.32. The zero-order chi connectivity index (χ0) is 13.6. The van der Waals surface area contributed by atoms with Crippen LogP contribution in [0.15, 0.2) is 0 Å². The first-order chi connectivity index (χ1) is 9.16. The Kier molecular flexibility index (Phi) is 6.51. The van der Waals surface area contributed by atoms with E-state index in [1.165, 1.54) is 76.9 Å². The summed E-state index contributed by atoms with van der Waals surface area (Å²) in [6, 6.07) is 0.887. The van der Waals surface area contributed by atoms with Crippen LogP contribution in [0, 0.1) is 0 Å². The fourth-order valence-corrected chi connectivity index (χ4v) is 3.83. The largest absolute Gasteiger partial charge is 0.314 e. The van der Waals surface area contributed by atoms with Crippen LogP contribution < -0.4 is 5.32 Å². The molecule has 19 heavy (non-hydrogen) atoms. The molecule has 2 rings (SSSR count). The van der Waals surface area contributed by atoms with Crippen LogP contribution in [0.2, 0.25) is 0 Å². The average molecular weight is 285 g/mol. The van der Waals surface area contributed by atoms with Crippen molar-refractivity contribution < 1.29 is 0 Å². The number of nitrogens with one attached hydrogen (secondary N) is 1. The molecule has 1 N–H and O–H groups in total. The number of hydrogen-bond acceptors (Lipinski definition) is 3. The van der Waals surface area contributed by atoms with Crippen LogP contribution in [-0.4, -0.2) is 47.6 Å². The van der Waals surface area contributed by atoms with Crippen molar-refractivity contribution in [2.45, 2.75) is 69.6 Å². The van der Waals surface area contributed by atoms with Crippen LogP contribution in [-0.2, 0) is 0 Å². The van der Waals surface area contributed by atoms with Gasteiger partial charge in [0.25, 0.3) is 0 Å². The molecule has 0 unspecified atom stereocenters. The van der Waals surface area contributed by atoms with Gasteiger partial charge in [0.15, 0.2) is 0 Å². The van der Waals surface area contributed by atoms with Crippen molar-refractivity contribution in [3.05, 3.63) is 0 Å². The van der Waals surface area contributed by atoms with Crippen LogP contribution in [0.5, 0.6) is 0 Å². The van der Waals surface area contributed by atoms with Gasteiger partial charge >= 0.3 is 0 Å². The lowest BCUT2D eigenvalue weighted by Crippen LogP contribution is -2.28. The van der Waals surface area contributed by atoms with Crippen molar-refractivity contribution in [1.82, 2.24) is 10.2 Å². The molecule has 2 nitrogen and oxygen atoms in total. The van der Waals surface area contributed by atoms with E-state index in [1.807, 2.05) is 0 Å². The minimum absolute atomic E-state index is 0.503. The summed E-state index contributed by atoms with van der Waals surface area (Å²) in [5, 5.41) is 3.60. The van der Waals surface area contributed by atoms with Gasteiger partial charge in [-0.05, 0) is 51.7 Å². The van der Waals surface area contributed by atoms with Gasteiger partial charge in [-0.25, -0.2) is 0 Å². The highest BCUT2D eigenvalue weighted by Crippen LogP contribution is 2.30. The molecule has 1 aliphatic heterocycles. The van der Waals surface area contributed by atoms with Gasteiger partial charge in [-0.15, -0.1) is 0 Å². The van der Waals surface area contributed by atoms with E-state index < -0.39 is 0 Å². The van der Waals surface area contributed by atoms with Crippen molar-refractivity contribution in [2.75, 3.05) is 31.9 Å². The van der Waals surface area contributed by atoms with Crippen molar-refractivity contribution in [1.29, 1.82) is 0 Å². The van der Waals surface area contributed by atoms with E-state index in [2.05, 4.69) is 35.8 Å². The van der Waals surface area contributed by atoms with Crippen LogP contribution in [0.4, 0.5) is 0 Å². The average Bonchev–Trinajstić information content (AvgIpc) is 3.17. The van der Waals surface area contributed by atoms with Crippen LogP contribution in [0.3, 0.4) is 0 Å². The first kappa shape index (κ1) is 15.7. The Balaban J connectivity index is 1.43. The summed E-state index contributed by atoms with van der Waals surface area (Å²) in [5.41, 5.74) is 0. The van der Waals surface area contributed by atoms with Gasteiger partial charge in [0, 0.05) is 23.1 Å². The maximum atomic E-state index is 3.60. The molecule has 0 aromatic rings. The Morgan fingerprint density at radius 1 is 1.11 bits per heavy atom. The molecule has 0 atom stereocenters. The van der Waals surface area contributed by atoms with Crippen LogP contribution in [0.1, 0.15) is 58.8 Å². The van der Waals surface area contributed by atoms with Gasteiger partial charge in [0.1, 0.15) is 0 Å². The molecule has 3 heteroatoms. The van der Waals surface area contributed by atoms with E-state index in [4.69, 9.17) is 0 Å². The van der Waals surface area contributed by atoms with E-state index in [-0.39, 0.29) is 0 Å². The van der Waals surface area contributed by atoms with Crippen LogP contribution in [0.25, 0.3) is 0 Å². The van der Waals surface area contributed by atoms with Gasteiger partial charge in [-0.2, -0.15) is 11.8 Å². The Morgan fingerprint density at radius 3 is 2.68 bits per heavy atom. The fraction of sp³-hybridized carbons (Fsp3) is 1.00. The third-order valence-corrected chi connectivity index (χ3v) is 5.71. The second-order valence-electron chi connectivity index (χ2n) is 6.84. The number of nitrogens with zero attached hydrogens (tertiary/aromatic N) is 1. The molecular formula is C16H32N2S. The monoisotopic (exact) mass is 284 g/mol. The fourth-order valence-electron chi connectivity index (χ4n) is 2.69. The number of unbranched alkanes of at least 4 members (excludes halogenated alkanes) is 3. The number of rotatable bonds is 8. The highest BCUT2D eigenvalue weighted by Gasteiger charge is 2.23. The SMILES string of the molecule is CC1(C)CCN(CCCCCCNC2CC2)CCS1. The number of thioether (sulfide) groups is 1. The normalized spacial score (nSPS) is 24.3. The minimum Gasteiger partial charge on any atom is -0.314 e. The lowest BCUT2D eigenvalue weighted by Gasteiger charge is -2.22. The molecule has 0 amide bonds. The lowest BCUT2D eigenvalue weighted by atomic mass is 10.1. The van der Waals surface area contributed by atoms with Crippen LogP contribution >= 0.6 is 11.8 Å². The highest BCUT2D eigenvalue weighted by molar-refractivity contribution is 8.00. The molecule has 0 aromatic heterocycles. The minimum atomic E-state index is 0.503. The molecule has 0 spiro atoms. The van der Waals surface area contributed by atoms with Gasteiger partial charge in [0.05, 0.1) is 0 Å². The zero-order valence-electron chi connectivity index (χ0n) is 12.9. The summed E-state index contributed by atoms with van der Waals surface area (Å²) in [6.45, 7) is 9.98. The predicted octanol–water partition coefficient (Wildman–Crippen LogP) is 3.52. The van der Waals surface area contributed by atoms with E-state index >= 15 is 0 Å². The summed E-state index contributed by atoms with van der Waals surface area (Å²) in [7, 11) is 0. The first-order valence-electron chi connectivity index (χ1n) is 8.25. The highest BCUT2D eigenvalue weighted by atomic mass is 32.2. The maximum absolute atomic E-state index is 3.60. The third-order valence-electron chi connectivity index (χ3n) is 4.34. The molecule has 1 saturated carbocycles. The molecule has 0 radical (unpaired) electrons. The quantitative estimate of drug-likeness (QED) is 0.687. The third kappa shape index (κ3) is 7.01. The molecule has 1 aliphatic carbocycles. The predicted molar refractivity (Wildman–Crippen MR) is 87.1 cm³/mol. The van der Waals surface area contributed by atoms with Crippen molar-refractivity contribution in [2.24, 2.45) is 0 Å². The van der Waals surface area contributed by atoms with E-state index in [1.54, 1.807) is 0 Å². The second-order valence-corrected chi connectivity index (χ2v) is 8.64. The first-order valence-corrected chi connectivity index (χ1v) is 9.24. The van der Waals surface area contributed by atoms with Crippen molar-refractivity contribution in [3.63, 3.8) is 0 Å². The van der Waals surface area contributed by atoms with Gasteiger partial charge in [-0.3, -0.25) is 0 Å².